The molecular weight excluding hydrogens is 397 g/mol. The maximum atomic E-state index is 13.1. The molecule has 3 rings (SSSR count). The number of aromatic nitrogens is 1. The van der Waals surface area contributed by atoms with E-state index in [2.05, 4.69) is 5.32 Å². The fraction of sp³-hybridized carbons (Fsp3) is 0.227. The van der Waals surface area contributed by atoms with Crippen LogP contribution in [0.25, 0.3) is 5.69 Å². The predicted molar refractivity (Wildman–Crippen MR) is 107 cm³/mol. The highest BCUT2D eigenvalue weighted by molar-refractivity contribution is 5.93. The van der Waals surface area contributed by atoms with E-state index in [9.17, 15) is 18.0 Å². The molecular formula is C22H21F3N2O3. The van der Waals surface area contributed by atoms with Gasteiger partial charge in [-0.15, -0.1) is 0 Å². The van der Waals surface area contributed by atoms with Crippen molar-refractivity contribution in [3.63, 3.8) is 0 Å². The molecule has 8 heteroatoms. The number of alkyl halides is 3. The largest absolute Gasteiger partial charge is 0.489 e. The number of ether oxygens (including phenoxy) is 2. The molecule has 5 nitrogen and oxygen atoms in total. The molecule has 30 heavy (non-hydrogen) atoms. The van der Waals surface area contributed by atoms with Crippen molar-refractivity contribution in [2.45, 2.75) is 12.6 Å². The highest BCUT2D eigenvalue weighted by atomic mass is 19.4. The van der Waals surface area contributed by atoms with Crippen molar-refractivity contribution in [2.24, 2.45) is 0 Å². The quantitative estimate of drug-likeness (QED) is 0.540. The maximum Gasteiger partial charge on any atom is 0.416 e. The van der Waals surface area contributed by atoms with Crippen LogP contribution in [0.5, 0.6) is 5.75 Å². The monoisotopic (exact) mass is 418 g/mol. The smallest absolute Gasteiger partial charge is 0.416 e. The van der Waals surface area contributed by atoms with Gasteiger partial charge in [-0.2, -0.15) is 13.2 Å². The summed E-state index contributed by atoms with van der Waals surface area (Å²) in [5.74, 6) is -0.295. The summed E-state index contributed by atoms with van der Waals surface area (Å²) < 4.78 is 51.5. The third-order valence-electron chi connectivity index (χ3n) is 4.33. The molecule has 1 amide bonds. The molecule has 0 fully saturated rings. The molecule has 1 N–H and O–H groups in total. The number of carbonyl (C=O) groups is 1. The lowest BCUT2D eigenvalue weighted by molar-refractivity contribution is -0.137. The third kappa shape index (κ3) is 5.64. The number of nitrogens with one attached hydrogen (secondary N) is 1. The van der Waals surface area contributed by atoms with Gasteiger partial charge in [-0.05, 0) is 48.0 Å². The van der Waals surface area contributed by atoms with Crippen LogP contribution >= 0.6 is 0 Å². The van der Waals surface area contributed by atoms with E-state index < -0.39 is 17.6 Å². The van der Waals surface area contributed by atoms with Gasteiger partial charge in [0, 0.05) is 25.2 Å². The Kier molecular flexibility index (Phi) is 6.79. The first-order valence-corrected chi connectivity index (χ1v) is 9.22. The third-order valence-corrected chi connectivity index (χ3v) is 4.33. The van der Waals surface area contributed by atoms with Gasteiger partial charge in [0.15, 0.2) is 0 Å². The molecule has 0 atom stereocenters. The summed E-state index contributed by atoms with van der Waals surface area (Å²) in [5.41, 5.74) is 0.774. The Morgan fingerprint density at radius 1 is 1.03 bits per heavy atom. The van der Waals surface area contributed by atoms with Crippen molar-refractivity contribution in [3.05, 3.63) is 78.1 Å². The molecule has 0 unspecified atom stereocenters. The highest BCUT2D eigenvalue weighted by Crippen LogP contribution is 2.35. The molecule has 1 aromatic heterocycles. The van der Waals surface area contributed by atoms with Crippen LogP contribution in [-0.2, 0) is 22.1 Å². The standard InChI is InChI=1S/C22H21F3N2O3/c1-29-12-13-30-20-9-6-17(22(23,24)25)15-19(20)26-21(28)14-16-4-7-18(8-5-16)27-10-2-3-11-27/h2-11,15H,12-14H2,1H3,(H,26,28). The Labute approximate surface area is 172 Å². The Morgan fingerprint density at radius 3 is 2.37 bits per heavy atom. The van der Waals surface area contributed by atoms with Gasteiger partial charge < -0.3 is 19.4 Å². The second-order valence-corrected chi connectivity index (χ2v) is 6.53. The van der Waals surface area contributed by atoms with Crippen LogP contribution < -0.4 is 10.1 Å². The number of amides is 1. The summed E-state index contributed by atoms with van der Waals surface area (Å²) in [6.07, 6.45) is -0.709. The van der Waals surface area contributed by atoms with Crippen LogP contribution in [-0.4, -0.2) is 30.8 Å². The Bertz CT molecular complexity index is 968. The maximum absolute atomic E-state index is 13.1. The average molecular weight is 418 g/mol. The van der Waals surface area contributed by atoms with Crippen LogP contribution in [0.3, 0.4) is 0 Å². The summed E-state index contributed by atoms with van der Waals surface area (Å²) in [6.45, 7) is 0.410. The van der Waals surface area contributed by atoms with Crippen LogP contribution in [0.2, 0.25) is 0 Å². The molecule has 0 aliphatic heterocycles. The van der Waals surface area contributed by atoms with Crippen LogP contribution in [0.15, 0.2) is 67.0 Å². The van der Waals surface area contributed by atoms with Crippen LogP contribution in [0, 0.1) is 0 Å². The molecule has 0 saturated carbocycles. The number of hydrogen-bond donors (Lipinski definition) is 1. The van der Waals surface area contributed by atoms with Crippen molar-refractivity contribution in [2.75, 3.05) is 25.6 Å². The molecule has 0 spiro atoms. The summed E-state index contributed by atoms with van der Waals surface area (Å²) >= 11 is 0. The molecule has 0 aliphatic rings. The van der Waals surface area contributed by atoms with Crippen molar-refractivity contribution in [3.8, 4) is 11.4 Å². The molecule has 0 saturated heterocycles. The van der Waals surface area contributed by atoms with E-state index >= 15 is 0 Å². The minimum Gasteiger partial charge on any atom is -0.489 e. The number of nitrogens with zero attached hydrogens (tertiary/aromatic N) is 1. The van der Waals surface area contributed by atoms with E-state index in [1.54, 1.807) is 12.1 Å². The molecule has 0 radical (unpaired) electrons. The number of halogens is 3. The summed E-state index contributed by atoms with van der Waals surface area (Å²) in [5, 5.41) is 2.53. The first kappa shape index (κ1) is 21.4. The van der Waals surface area contributed by atoms with Gasteiger partial charge in [0.1, 0.15) is 12.4 Å². The number of rotatable bonds is 8. The lowest BCUT2D eigenvalue weighted by atomic mass is 10.1. The summed E-state index contributed by atoms with van der Waals surface area (Å²) in [7, 11) is 1.49. The van der Waals surface area contributed by atoms with E-state index in [1.165, 1.54) is 13.2 Å². The lowest BCUT2D eigenvalue weighted by Crippen LogP contribution is -2.17. The van der Waals surface area contributed by atoms with E-state index in [-0.39, 0.29) is 31.1 Å². The fourth-order valence-electron chi connectivity index (χ4n) is 2.84. The first-order chi connectivity index (χ1) is 14.4. The minimum atomic E-state index is -4.53. The van der Waals surface area contributed by atoms with Gasteiger partial charge >= 0.3 is 6.18 Å². The number of hydrogen-bond acceptors (Lipinski definition) is 3. The van der Waals surface area contributed by atoms with Gasteiger partial charge in [-0.3, -0.25) is 4.79 Å². The van der Waals surface area contributed by atoms with E-state index in [0.717, 1.165) is 23.4 Å². The Morgan fingerprint density at radius 2 is 1.73 bits per heavy atom. The van der Waals surface area contributed by atoms with Crippen molar-refractivity contribution in [1.29, 1.82) is 0 Å². The molecule has 0 bridgehead atoms. The predicted octanol–water partition coefficient (Wildman–Crippen LogP) is 4.70. The van der Waals surface area contributed by atoms with Gasteiger partial charge in [0.05, 0.1) is 24.3 Å². The zero-order chi connectivity index (χ0) is 21.6. The Balaban J connectivity index is 1.72. The first-order valence-electron chi connectivity index (χ1n) is 9.22. The zero-order valence-corrected chi connectivity index (χ0v) is 16.3. The fourth-order valence-corrected chi connectivity index (χ4v) is 2.84. The van der Waals surface area contributed by atoms with Crippen molar-refractivity contribution in [1.82, 2.24) is 4.57 Å². The molecule has 3 aromatic rings. The number of methoxy groups -OCH3 is 1. The second kappa shape index (κ2) is 9.49. The van der Waals surface area contributed by atoms with E-state index in [0.29, 0.717) is 0 Å². The van der Waals surface area contributed by atoms with E-state index in [1.807, 2.05) is 41.2 Å². The number of benzene rings is 2. The van der Waals surface area contributed by atoms with E-state index in [4.69, 9.17) is 9.47 Å². The van der Waals surface area contributed by atoms with Crippen molar-refractivity contribution >= 4 is 11.6 Å². The van der Waals surface area contributed by atoms with Crippen molar-refractivity contribution < 1.29 is 27.4 Å². The van der Waals surface area contributed by atoms with Gasteiger partial charge in [0.25, 0.3) is 0 Å². The summed E-state index contributed by atoms with van der Waals surface area (Å²) in [4.78, 5) is 12.5. The topological polar surface area (TPSA) is 52.5 Å². The molecule has 1 heterocycles. The minimum absolute atomic E-state index is 0.0136. The highest BCUT2D eigenvalue weighted by Gasteiger charge is 2.31. The molecule has 158 valence electrons. The lowest BCUT2D eigenvalue weighted by Gasteiger charge is -2.15. The molecule has 0 aliphatic carbocycles. The van der Waals surface area contributed by atoms with Crippen LogP contribution in [0.4, 0.5) is 18.9 Å². The molecule has 2 aromatic carbocycles. The number of anilines is 1. The van der Waals surface area contributed by atoms with Gasteiger partial charge in [0.2, 0.25) is 5.91 Å². The SMILES string of the molecule is COCCOc1ccc(C(F)(F)F)cc1NC(=O)Cc1ccc(-n2cccc2)cc1. The normalized spacial score (nSPS) is 11.3. The average Bonchev–Trinajstić information content (AvgIpc) is 3.24. The van der Waals surface area contributed by atoms with Gasteiger partial charge in [-0.1, -0.05) is 12.1 Å². The zero-order valence-electron chi connectivity index (χ0n) is 16.3. The Hall–Kier alpha value is -3.26. The number of carbonyl (C=O) groups excluding carboxylic acids is 1. The van der Waals surface area contributed by atoms with Crippen LogP contribution in [0.1, 0.15) is 11.1 Å². The van der Waals surface area contributed by atoms with Gasteiger partial charge in [-0.25, -0.2) is 0 Å². The summed E-state index contributed by atoms with van der Waals surface area (Å²) in [6, 6.07) is 14.1. The second-order valence-electron chi connectivity index (χ2n) is 6.53.